The van der Waals surface area contributed by atoms with E-state index in [1.54, 1.807) is 12.1 Å². The van der Waals surface area contributed by atoms with Crippen LogP contribution in [-0.4, -0.2) is 33.3 Å². The summed E-state index contributed by atoms with van der Waals surface area (Å²) in [5.74, 6) is 1.40. The Hall–Kier alpha value is -3.07. The molecular weight excluding hydrogens is 481 g/mol. The normalized spacial score (nSPS) is 17.8. The molecule has 1 aliphatic carbocycles. The molecule has 1 aliphatic heterocycles. The molecule has 2 heterocycles. The number of benzene rings is 2. The van der Waals surface area contributed by atoms with Gasteiger partial charge in [0.05, 0.1) is 17.5 Å². The van der Waals surface area contributed by atoms with Gasteiger partial charge in [0.15, 0.2) is 12.1 Å². The molecule has 1 unspecified atom stereocenters. The van der Waals surface area contributed by atoms with Crippen molar-refractivity contribution in [1.82, 2.24) is 5.32 Å². The third-order valence-electron chi connectivity index (χ3n) is 6.72. The van der Waals surface area contributed by atoms with E-state index in [2.05, 4.69) is 24.3 Å². The largest absolute Gasteiger partial charge is 0.455 e. The van der Waals surface area contributed by atoms with Crippen molar-refractivity contribution in [2.75, 3.05) is 17.1 Å². The molecule has 0 bridgehead atoms. The van der Waals surface area contributed by atoms with E-state index in [4.69, 9.17) is 9.25 Å². The van der Waals surface area contributed by atoms with Gasteiger partial charge >= 0.3 is 0 Å². The summed E-state index contributed by atoms with van der Waals surface area (Å²) < 4.78 is 47.4. The molecule has 1 aromatic heterocycles. The molecular formula is C27H32FN3O4S. The number of fused-ring (bicyclic) bond motifs is 1. The maximum Gasteiger partial charge on any atom is 0.232 e. The first-order chi connectivity index (χ1) is 17.2. The van der Waals surface area contributed by atoms with Crippen LogP contribution in [0.1, 0.15) is 63.5 Å². The van der Waals surface area contributed by atoms with E-state index in [9.17, 15) is 12.8 Å². The summed E-state index contributed by atoms with van der Waals surface area (Å²) in [6.07, 6.45) is 4.51. The highest BCUT2D eigenvalue weighted by Crippen LogP contribution is 2.48. The van der Waals surface area contributed by atoms with E-state index in [1.165, 1.54) is 22.7 Å². The molecule has 2 aromatic carbocycles. The fourth-order valence-electron chi connectivity index (χ4n) is 4.58. The molecule has 3 aromatic rings. The van der Waals surface area contributed by atoms with E-state index >= 15 is 0 Å². The van der Waals surface area contributed by atoms with Gasteiger partial charge in [-0.1, -0.05) is 25.9 Å². The minimum atomic E-state index is -3.50. The van der Waals surface area contributed by atoms with Crippen molar-refractivity contribution in [2.24, 2.45) is 11.1 Å². The first-order valence-electron chi connectivity index (χ1n) is 12.5. The molecule has 7 nitrogen and oxygen atoms in total. The Morgan fingerprint density at radius 1 is 1.19 bits per heavy atom. The summed E-state index contributed by atoms with van der Waals surface area (Å²) >= 11 is 0. The number of nitrogens with one attached hydrogen (secondary N) is 1. The smallest absolute Gasteiger partial charge is 0.232 e. The predicted molar refractivity (Wildman–Crippen MR) is 140 cm³/mol. The van der Waals surface area contributed by atoms with Crippen LogP contribution in [-0.2, 0) is 14.9 Å². The Kier molecular flexibility index (Phi) is 6.44. The summed E-state index contributed by atoms with van der Waals surface area (Å²) in [6.45, 7) is 6.57. The number of anilines is 1. The molecule has 192 valence electrons. The standard InChI is InChI=1S/C27H32FN3O4S/c1-5-24-29-27(30-35-24)25-21-14-20(17-6-7-17)22(31(36(4,32)33)13-12-16(2)3)15-23(21)34-26(25)18-8-10-19(28)11-9-18/h8-11,14-17,24H,5-7,12-13H2,1-4H3,(H,29,30). The van der Waals surface area contributed by atoms with E-state index in [1.807, 2.05) is 19.1 Å². The van der Waals surface area contributed by atoms with Crippen molar-refractivity contribution in [1.29, 1.82) is 0 Å². The molecule has 2 aliphatic rings. The van der Waals surface area contributed by atoms with Gasteiger partial charge in [0, 0.05) is 30.0 Å². The van der Waals surface area contributed by atoms with Crippen molar-refractivity contribution in [3.8, 4) is 11.3 Å². The lowest BCUT2D eigenvalue weighted by molar-refractivity contribution is 0.0704. The van der Waals surface area contributed by atoms with Crippen LogP contribution < -0.4 is 9.62 Å². The van der Waals surface area contributed by atoms with Gasteiger partial charge in [0.25, 0.3) is 0 Å². The first-order valence-corrected chi connectivity index (χ1v) is 14.3. The van der Waals surface area contributed by atoms with Crippen molar-refractivity contribution < 1.29 is 22.1 Å². The Bertz CT molecular complexity index is 1410. The fraction of sp³-hybridized carbons (Fsp3) is 0.444. The minimum Gasteiger partial charge on any atom is -0.455 e. The summed E-state index contributed by atoms with van der Waals surface area (Å²) in [6, 6.07) is 10.00. The second-order valence-electron chi connectivity index (χ2n) is 10.1. The molecule has 0 spiro atoms. The summed E-state index contributed by atoms with van der Waals surface area (Å²) in [5.41, 5.74) is 3.64. The number of hydrogen-bond donors (Lipinski definition) is 1. The van der Waals surface area contributed by atoms with E-state index < -0.39 is 10.0 Å². The lowest BCUT2D eigenvalue weighted by Crippen LogP contribution is -2.32. The van der Waals surface area contributed by atoms with Crippen molar-refractivity contribution in [2.45, 2.75) is 58.6 Å². The molecule has 0 amide bonds. The number of oxime groups is 1. The van der Waals surface area contributed by atoms with Crippen LogP contribution in [0.4, 0.5) is 10.1 Å². The summed E-state index contributed by atoms with van der Waals surface area (Å²) in [4.78, 5) is 5.54. The maximum absolute atomic E-state index is 13.7. The van der Waals surface area contributed by atoms with E-state index in [0.29, 0.717) is 46.8 Å². The molecule has 0 saturated heterocycles. The average molecular weight is 514 g/mol. The number of halogens is 1. The molecule has 1 N–H and O–H groups in total. The van der Waals surface area contributed by atoms with Gasteiger partial charge in [-0.05, 0) is 67.0 Å². The lowest BCUT2D eigenvalue weighted by Gasteiger charge is -2.26. The van der Waals surface area contributed by atoms with Crippen LogP contribution in [0.25, 0.3) is 22.3 Å². The Morgan fingerprint density at radius 2 is 1.92 bits per heavy atom. The van der Waals surface area contributed by atoms with Gasteiger partial charge in [0.2, 0.25) is 10.0 Å². The highest BCUT2D eigenvalue weighted by atomic mass is 32.2. The number of nitrogens with zero attached hydrogens (tertiary/aromatic N) is 2. The van der Waals surface area contributed by atoms with Gasteiger partial charge in [-0.2, -0.15) is 0 Å². The van der Waals surface area contributed by atoms with Crippen LogP contribution in [0.5, 0.6) is 0 Å². The molecule has 1 atom stereocenters. The van der Waals surface area contributed by atoms with Gasteiger partial charge < -0.3 is 14.6 Å². The van der Waals surface area contributed by atoms with Crippen LogP contribution in [0.2, 0.25) is 0 Å². The number of rotatable bonds is 9. The van der Waals surface area contributed by atoms with Crippen LogP contribution in [0, 0.1) is 11.7 Å². The Morgan fingerprint density at radius 3 is 2.50 bits per heavy atom. The van der Waals surface area contributed by atoms with E-state index in [-0.39, 0.29) is 12.0 Å². The lowest BCUT2D eigenvalue weighted by atomic mass is 10.00. The molecule has 5 rings (SSSR count). The predicted octanol–water partition coefficient (Wildman–Crippen LogP) is 5.95. The van der Waals surface area contributed by atoms with Crippen LogP contribution in [0.15, 0.2) is 46.0 Å². The molecule has 0 radical (unpaired) electrons. The summed E-state index contributed by atoms with van der Waals surface area (Å²) in [5, 5.41) is 8.41. The minimum absolute atomic E-state index is 0.245. The monoisotopic (exact) mass is 513 g/mol. The third kappa shape index (κ3) is 4.81. The van der Waals surface area contributed by atoms with Crippen molar-refractivity contribution in [3.05, 3.63) is 53.3 Å². The fourth-order valence-corrected chi connectivity index (χ4v) is 5.53. The van der Waals surface area contributed by atoms with Crippen molar-refractivity contribution >= 4 is 32.5 Å². The second kappa shape index (κ2) is 9.42. The molecule has 1 saturated carbocycles. The van der Waals surface area contributed by atoms with Crippen LogP contribution >= 0.6 is 0 Å². The third-order valence-corrected chi connectivity index (χ3v) is 7.90. The highest BCUT2D eigenvalue weighted by Gasteiger charge is 2.34. The maximum atomic E-state index is 13.7. The van der Waals surface area contributed by atoms with Gasteiger partial charge in [-0.3, -0.25) is 4.31 Å². The SMILES string of the molecule is CCC1NC(c2c(-c3ccc(F)cc3)oc3cc(N(CCC(C)C)S(C)(=O)=O)c(C4CC4)cc23)=NO1. The number of hydrogen-bond acceptors (Lipinski definition) is 6. The second-order valence-corrected chi connectivity index (χ2v) is 12.0. The topological polar surface area (TPSA) is 84.1 Å². The zero-order valence-corrected chi connectivity index (χ0v) is 21.9. The van der Waals surface area contributed by atoms with Gasteiger partial charge in [-0.15, -0.1) is 0 Å². The molecule has 36 heavy (non-hydrogen) atoms. The number of furan rings is 1. The summed E-state index contributed by atoms with van der Waals surface area (Å²) in [7, 11) is -3.50. The van der Waals surface area contributed by atoms with Gasteiger partial charge in [0.1, 0.15) is 17.2 Å². The number of amidine groups is 1. The van der Waals surface area contributed by atoms with Crippen molar-refractivity contribution in [3.63, 3.8) is 0 Å². The van der Waals surface area contributed by atoms with Gasteiger partial charge in [-0.25, -0.2) is 12.8 Å². The number of sulfonamides is 1. The molecule has 9 heteroatoms. The molecule has 1 fully saturated rings. The Labute approximate surface area is 211 Å². The van der Waals surface area contributed by atoms with Crippen LogP contribution in [0.3, 0.4) is 0 Å². The Balaban J connectivity index is 1.72. The van der Waals surface area contributed by atoms with E-state index in [0.717, 1.165) is 42.2 Å². The average Bonchev–Trinajstić information content (AvgIpc) is 3.44. The zero-order valence-electron chi connectivity index (χ0n) is 21.0. The highest BCUT2D eigenvalue weighted by molar-refractivity contribution is 7.92. The zero-order chi connectivity index (χ0) is 25.6. The quantitative estimate of drug-likeness (QED) is 0.382. The first kappa shape index (κ1) is 24.6.